The molecule has 0 unspecified atom stereocenters. The molecule has 1 atom stereocenters. The maximum atomic E-state index is 14.7. The van der Waals surface area contributed by atoms with Gasteiger partial charge in [0, 0.05) is 17.0 Å². The minimum atomic E-state index is -0.812. The first-order valence-corrected chi connectivity index (χ1v) is 12.1. The predicted molar refractivity (Wildman–Crippen MR) is 136 cm³/mol. The van der Waals surface area contributed by atoms with E-state index in [1.54, 1.807) is 30.3 Å². The van der Waals surface area contributed by atoms with E-state index in [1.807, 2.05) is 6.92 Å². The fourth-order valence-electron chi connectivity index (χ4n) is 3.54. The summed E-state index contributed by atoms with van der Waals surface area (Å²) in [4.78, 5) is 29.0. The molecule has 37 heavy (non-hydrogen) atoms. The molecular weight excluding hydrogens is 503 g/mol. The van der Waals surface area contributed by atoms with Crippen LogP contribution in [0.5, 0.6) is 29.5 Å². The number of para-hydroxylation sites is 2. The van der Waals surface area contributed by atoms with Crippen LogP contribution in [0.25, 0.3) is 0 Å². The number of thioether (sulfide) groups is 1. The second-order valence-electron chi connectivity index (χ2n) is 7.99. The number of rotatable bonds is 9. The lowest BCUT2D eigenvalue weighted by Gasteiger charge is -2.30. The molecule has 1 aliphatic rings. The van der Waals surface area contributed by atoms with Crippen molar-refractivity contribution in [1.29, 1.82) is 0 Å². The largest absolute Gasteiger partial charge is 0.480 e. The molecule has 2 aromatic carbocycles. The van der Waals surface area contributed by atoms with Crippen LogP contribution in [0.4, 0.5) is 10.1 Å². The Morgan fingerprint density at radius 1 is 1.08 bits per heavy atom. The summed E-state index contributed by atoms with van der Waals surface area (Å²) in [5.41, 5.74) is 5.83. The average Bonchev–Trinajstić information content (AvgIpc) is 2.88. The van der Waals surface area contributed by atoms with Gasteiger partial charge in [-0.25, -0.2) is 4.39 Å². The maximum Gasteiger partial charge on any atom is 0.331 e. The Morgan fingerprint density at radius 3 is 2.43 bits per heavy atom. The number of hydrogen-bond acceptors (Lipinski definition) is 11. The first-order chi connectivity index (χ1) is 17.8. The van der Waals surface area contributed by atoms with Crippen LogP contribution in [0.3, 0.4) is 0 Å². The topological polar surface area (TPSA) is 143 Å². The monoisotopic (exact) mass is 528 g/mol. The van der Waals surface area contributed by atoms with Crippen molar-refractivity contribution < 1.29 is 28.1 Å². The van der Waals surface area contributed by atoms with Crippen molar-refractivity contribution in [2.45, 2.75) is 18.9 Å². The summed E-state index contributed by atoms with van der Waals surface area (Å²) < 4.78 is 36.1. The van der Waals surface area contributed by atoms with Crippen LogP contribution < -0.4 is 30.0 Å². The molecule has 3 N–H and O–H groups in total. The Labute approximate surface area is 216 Å². The van der Waals surface area contributed by atoms with Crippen LogP contribution in [-0.2, 0) is 10.3 Å². The van der Waals surface area contributed by atoms with E-state index in [0.29, 0.717) is 22.8 Å². The molecule has 13 heteroatoms. The zero-order valence-corrected chi connectivity index (χ0v) is 21.2. The van der Waals surface area contributed by atoms with Gasteiger partial charge < -0.3 is 30.0 Å². The van der Waals surface area contributed by atoms with Gasteiger partial charge in [0.25, 0.3) is 5.91 Å². The SMILES string of the molecule is COc1nc(OC)nc(Oc2ccccc2OCC(=O)Nc2ccc(F)c([C@]3(C)CCSC(N)=N3)c2)n1. The molecule has 0 aliphatic carbocycles. The smallest absolute Gasteiger partial charge is 0.331 e. The van der Waals surface area contributed by atoms with Crippen LogP contribution in [0, 0.1) is 5.82 Å². The van der Waals surface area contributed by atoms with Gasteiger partial charge in [0.15, 0.2) is 23.3 Å². The summed E-state index contributed by atoms with van der Waals surface area (Å²) in [7, 11) is 2.80. The van der Waals surface area contributed by atoms with Crippen LogP contribution in [0.2, 0.25) is 0 Å². The van der Waals surface area contributed by atoms with Gasteiger partial charge in [-0.2, -0.15) is 0 Å². The van der Waals surface area contributed by atoms with Crippen molar-refractivity contribution in [2.24, 2.45) is 10.7 Å². The zero-order chi connectivity index (χ0) is 26.4. The summed E-state index contributed by atoms with van der Waals surface area (Å²) in [6, 6.07) is 11.0. The number of benzene rings is 2. The Balaban J connectivity index is 1.44. The normalized spacial score (nSPS) is 16.9. The first-order valence-electron chi connectivity index (χ1n) is 11.1. The van der Waals surface area contributed by atoms with Crippen molar-refractivity contribution in [3.05, 3.63) is 53.8 Å². The molecule has 0 radical (unpaired) electrons. The van der Waals surface area contributed by atoms with E-state index in [9.17, 15) is 9.18 Å². The van der Waals surface area contributed by atoms with Crippen LogP contribution in [-0.4, -0.2) is 52.6 Å². The summed E-state index contributed by atoms with van der Waals surface area (Å²) in [5.74, 6) is 0.378. The molecule has 11 nitrogen and oxygen atoms in total. The van der Waals surface area contributed by atoms with Crippen molar-refractivity contribution in [1.82, 2.24) is 15.0 Å². The van der Waals surface area contributed by atoms with Crippen LogP contribution in [0.15, 0.2) is 47.5 Å². The summed E-state index contributed by atoms with van der Waals surface area (Å²) >= 11 is 1.43. The number of ether oxygens (including phenoxy) is 4. The minimum absolute atomic E-state index is 0.00696. The molecule has 1 aliphatic heterocycles. The summed E-state index contributed by atoms with van der Waals surface area (Å²) in [6.45, 7) is 1.48. The number of aliphatic imine (C=N–C) groups is 1. The van der Waals surface area contributed by atoms with Gasteiger partial charge in [-0.05, 0) is 43.7 Å². The number of anilines is 1. The molecule has 3 aromatic rings. The number of halogens is 1. The van der Waals surface area contributed by atoms with Crippen LogP contribution in [0.1, 0.15) is 18.9 Å². The Kier molecular flexibility index (Phi) is 7.92. The van der Waals surface area contributed by atoms with Crippen molar-refractivity contribution in [2.75, 3.05) is 31.9 Å². The number of carbonyl (C=O) groups excluding carboxylic acids is 1. The predicted octanol–water partition coefficient (Wildman–Crippen LogP) is 3.50. The van der Waals surface area contributed by atoms with Crippen molar-refractivity contribution in [3.63, 3.8) is 0 Å². The minimum Gasteiger partial charge on any atom is -0.480 e. The molecule has 194 valence electrons. The second-order valence-corrected chi connectivity index (χ2v) is 9.11. The molecule has 0 spiro atoms. The third-order valence-electron chi connectivity index (χ3n) is 5.37. The fraction of sp³-hybridized carbons (Fsp3) is 0.292. The van der Waals surface area contributed by atoms with Gasteiger partial charge in [-0.1, -0.05) is 23.9 Å². The second kappa shape index (κ2) is 11.3. The zero-order valence-electron chi connectivity index (χ0n) is 20.4. The van der Waals surface area contributed by atoms with Crippen LogP contribution >= 0.6 is 11.8 Å². The molecule has 1 amide bonds. The number of methoxy groups -OCH3 is 2. The molecular formula is C24H25FN6O5S. The molecule has 0 fully saturated rings. The van der Waals surface area contributed by atoms with E-state index in [0.717, 1.165) is 5.75 Å². The van der Waals surface area contributed by atoms with E-state index in [1.165, 1.54) is 38.1 Å². The molecule has 1 aromatic heterocycles. The summed E-state index contributed by atoms with van der Waals surface area (Å²) in [5, 5.41) is 3.13. The van der Waals surface area contributed by atoms with Gasteiger partial charge >= 0.3 is 18.0 Å². The molecule has 4 rings (SSSR count). The Bertz CT molecular complexity index is 1300. The highest BCUT2D eigenvalue weighted by atomic mass is 32.2. The van der Waals surface area contributed by atoms with Gasteiger partial charge in [-0.15, -0.1) is 15.0 Å². The number of nitrogens with two attached hydrogens (primary N) is 1. The fourth-order valence-corrected chi connectivity index (χ4v) is 4.51. The number of amidine groups is 1. The van der Waals surface area contributed by atoms with E-state index in [4.69, 9.17) is 24.7 Å². The van der Waals surface area contributed by atoms with E-state index in [-0.39, 0.29) is 36.1 Å². The molecule has 0 bridgehead atoms. The highest BCUT2D eigenvalue weighted by Crippen LogP contribution is 2.37. The molecule has 0 saturated heterocycles. The number of amides is 1. The first kappa shape index (κ1) is 25.9. The number of carbonyl (C=O) groups is 1. The van der Waals surface area contributed by atoms with Gasteiger partial charge in [-0.3, -0.25) is 9.79 Å². The average molecular weight is 529 g/mol. The number of nitrogens with one attached hydrogen (secondary N) is 1. The number of hydrogen-bond donors (Lipinski definition) is 2. The highest BCUT2D eigenvalue weighted by molar-refractivity contribution is 8.13. The molecule has 2 heterocycles. The van der Waals surface area contributed by atoms with Crippen molar-refractivity contribution in [3.8, 4) is 29.5 Å². The lowest BCUT2D eigenvalue weighted by molar-refractivity contribution is -0.118. The van der Waals surface area contributed by atoms with E-state index in [2.05, 4.69) is 25.3 Å². The van der Waals surface area contributed by atoms with Gasteiger partial charge in [0.1, 0.15) is 5.82 Å². The van der Waals surface area contributed by atoms with Gasteiger partial charge in [0.05, 0.1) is 19.8 Å². The highest BCUT2D eigenvalue weighted by Gasteiger charge is 2.32. The Hall–Kier alpha value is -4.13. The lowest BCUT2D eigenvalue weighted by atomic mass is 9.89. The maximum absolute atomic E-state index is 14.7. The quantitative estimate of drug-likeness (QED) is 0.423. The standard InChI is InChI=1S/C24H25FN6O5S/c1-24(10-11-37-20(26)31-24)15-12-14(8-9-16(15)25)27-19(32)13-35-17-6-4-5-7-18(17)36-23-29-21(33-2)28-22(30-23)34-3/h4-9,12H,10-11,13H2,1-3H3,(H2,26,31)(H,27,32)/t24-/m0/s1. The third kappa shape index (κ3) is 6.36. The Morgan fingerprint density at radius 2 is 1.76 bits per heavy atom. The lowest BCUT2D eigenvalue weighted by Crippen LogP contribution is -2.30. The number of nitrogens with zero attached hydrogens (tertiary/aromatic N) is 4. The van der Waals surface area contributed by atoms with E-state index >= 15 is 0 Å². The third-order valence-corrected chi connectivity index (χ3v) is 6.17. The molecule has 0 saturated carbocycles. The number of aromatic nitrogens is 3. The van der Waals surface area contributed by atoms with E-state index < -0.39 is 17.3 Å². The van der Waals surface area contributed by atoms with Crippen molar-refractivity contribution >= 4 is 28.5 Å². The summed E-state index contributed by atoms with van der Waals surface area (Å²) in [6.07, 6.45) is 0.617. The van der Waals surface area contributed by atoms with Gasteiger partial charge in [0.2, 0.25) is 0 Å².